The van der Waals surface area contributed by atoms with Crippen molar-refractivity contribution in [3.63, 3.8) is 0 Å². The summed E-state index contributed by atoms with van der Waals surface area (Å²) in [4.78, 5) is 43.6. The van der Waals surface area contributed by atoms with Crippen LogP contribution in [0, 0.1) is 5.41 Å². The van der Waals surface area contributed by atoms with Gasteiger partial charge < -0.3 is 5.11 Å². The minimum atomic E-state index is -2.50. The van der Waals surface area contributed by atoms with Crippen molar-refractivity contribution in [3.8, 4) is 0 Å². The summed E-state index contributed by atoms with van der Waals surface area (Å²) in [6.45, 7) is 2.74. The molecule has 0 heterocycles. The van der Waals surface area contributed by atoms with Crippen LogP contribution in [0.15, 0.2) is 0 Å². The molecule has 0 aromatic carbocycles. The van der Waals surface area contributed by atoms with Crippen LogP contribution in [0.2, 0.25) is 0 Å². The van der Waals surface area contributed by atoms with Crippen LogP contribution >= 0.6 is 0 Å². The van der Waals surface area contributed by atoms with Crippen molar-refractivity contribution in [2.45, 2.75) is 20.8 Å². The SMILES string of the molecule is CC(=O)C(C(C)=O)(C(C)=O)C(=O)O.[Ru]. The fraction of sp³-hybridized carbons (Fsp3) is 0.500. The van der Waals surface area contributed by atoms with Crippen LogP contribution in [-0.2, 0) is 38.7 Å². The monoisotopic (exact) mass is 288 g/mol. The Bertz CT molecular complexity index is 233. The van der Waals surface area contributed by atoms with Gasteiger partial charge in [0.05, 0.1) is 0 Å². The zero-order chi connectivity index (χ0) is 10.8. The van der Waals surface area contributed by atoms with E-state index < -0.39 is 28.7 Å². The van der Waals surface area contributed by atoms with Crippen molar-refractivity contribution in [1.29, 1.82) is 0 Å². The number of carboxylic acids is 1. The fourth-order valence-electron chi connectivity index (χ4n) is 1.20. The molecule has 0 atom stereocenters. The minimum Gasteiger partial charge on any atom is -0.480 e. The Morgan fingerprint density at radius 2 is 1.07 bits per heavy atom. The molecule has 0 amide bonds. The van der Waals surface area contributed by atoms with E-state index in [0.29, 0.717) is 0 Å². The molecule has 0 bridgehead atoms. The third-order valence-electron chi connectivity index (χ3n) is 1.91. The van der Waals surface area contributed by atoms with E-state index in [1.165, 1.54) is 0 Å². The molecular weight excluding hydrogens is 277 g/mol. The summed E-state index contributed by atoms with van der Waals surface area (Å²) in [7, 11) is 0. The second kappa shape index (κ2) is 5.10. The first-order valence-electron chi connectivity index (χ1n) is 3.54. The third kappa shape index (κ3) is 2.12. The first-order chi connectivity index (χ1) is 5.77. The molecule has 80 valence electrons. The van der Waals surface area contributed by atoms with Gasteiger partial charge in [-0.05, 0) is 20.8 Å². The Morgan fingerprint density at radius 1 is 0.857 bits per heavy atom. The van der Waals surface area contributed by atoms with Gasteiger partial charge >= 0.3 is 5.97 Å². The molecule has 0 saturated heterocycles. The van der Waals surface area contributed by atoms with Crippen molar-refractivity contribution in [2.24, 2.45) is 5.41 Å². The molecule has 5 nitrogen and oxygen atoms in total. The molecule has 0 aliphatic carbocycles. The molecule has 0 rings (SSSR count). The molecule has 0 unspecified atom stereocenters. The van der Waals surface area contributed by atoms with Gasteiger partial charge in [-0.15, -0.1) is 0 Å². The Kier molecular flexibility index (Phi) is 5.67. The number of Topliss-reactive ketones (excluding diaryl/α,β-unsaturated/α-hetero) is 3. The van der Waals surface area contributed by atoms with E-state index in [9.17, 15) is 19.2 Å². The molecule has 0 aliphatic rings. The molecule has 0 saturated carbocycles. The van der Waals surface area contributed by atoms with Crippen LogP contribution in [0.25, 0.3) is 0 Å². The number of aliphatic carboxylic acids is 1. The number of carbonyl (C=O) groups excluding carboxylic acids is 3. The second-order valence-electron chi connectivity index (χ2n) is 2.72. The third-order valence-corrected chi connectivity index (χ3v) is 1.91. The minimum absolute atomic E-state index is 0. The van der Waals surface area contributed by atoms with Gasteiger partial charge in [-0.3, -0.25) is 19.2 Å². The summed E-state index contributed by atoms with van der Waals surface area (Å²) in [5.74, 6) is -4.58. The standard InChI is InChI=1S/C8H10O5.Ru/c1-4(9)8(5(2)10,6(3)11)7(12)13;/h1-3H3,(H,12,13);. The quantitative estimate of drug-likeness (QED) is 0.572. The van der Waals surface area contributed by atoms with Gasteiger partial charge in [0.2, 0.25) is 5.41 Å². The van der Waals surface area contributed by atoms with Crippen molar-refractivity contribution >= 4 is 23.3 Å². The molecule has 0 aliphatic heterocycles. The van der Waals surface area contributed by atoms with E-state index in [4.69, 9.17) is 5.11 Å². The first kappa shape index (κ1) is 15.6. The summed E-state index contributed by atoms with van der Waals surface area (Å²) >= 11 is 0. The maximum atomic E-state index is 11.0. The average molecular weight is 287 g/mol. The fourth-order valence-corrected chi connectivity index (χ4v) is 1.20. The van der Waals surface area contributed by atoms with Crippen LogP contribution in [0.3, 0.4) is 0 Å². The summed E-state index contributed by atoms with van der Waals surface area (Å²) in [5.41, 5.74) is -2.50. The summed E-state index contributed by atoms with van der Waals surface area (Å²) < 4.78 is 0. The van der Waals surface area contributed by atoms with Crippen molar-refractivity contribution in [1.82, 2.24) is 0 Å². The number of ketones is 3. The second-order valence-corrected chi connectivity index (χ2v) is 2.72. The molecule has 0 fully saturated rings. The van der Waals surface area contributed by atoms with Gasteiger partial charge in [0.1, 0.15) is 0 Å². The summed E-state index contributed by atoms with van der Waals surface area (Å²) in [5, 5.41) is 8.67. The number of hydrogen-bond donors (Lipinski definition) is 1. The summed E-state index contributed by atoms with van der Waals surface area (Å²) in [6.07, 6.45) is 0. The predicted molar refractivity (Wildman–Crippen MR) is 42.1 cm³/mol. The van der Waals surface area contributed by atoms with Crippen LogP contribution in [0.5, 0.6) is 0 Å². The largest absolute Gasteiger partial charge is 0.480 e. The van der Waals surface area contributed by atoms with Gasteiger partial charge in [0.15, 0.2) is 17.3 Å². The zero-order valence-electron chi connectivity index (χ0n) is 7.93. The van der Waals surface area contributed by atoms with Crippen molar-refractivity contribution in [2.75, 3.05) is 0 Å². The summed E-state index contributed by atoms with van der Waals surface area (Å²) in [6, 6.07) is 0. The van der Waals surface area contributed by atoms with Crippen molar-refractivity contribution < 1.29 is 43.8 Å². The van der Waals surface area contributed by atoms with E-state index in [-0.39, 0.29) is 19.5 Å². The van der Waals surface area contributed by atoms with Crippen LogP contribution < -0.4 is 0 Å². The number of carbonyl (C=O) groups is 4. The van der Waals surface area contributed by atoms with Crippen LogP contribution in [0.4, 0.5) is 0 Å². The maximum Gasteiger partial charge on any atom is 0.332 e. The molecule has 1 N–H and O–H groups in total. The van der Waals surface area contributed by atoms with E-state index in [2.05, 4.69) is 0 Å². The molecule has 0 spiro atoms. The van der Waals surface area contributed by atoms with E-state index in [0.717, 1.165) is 20.8 Å². The Hall–Kier alpha value is -0.897. The Balaban J connectivity index is 0. The first-order valence-corrected chi connectivity index (χ1v) is 3.54. The predicted octanol–water partition coefficient (Wildman–Crippen LogP) is -0.178. The van der Waals surface area contributed by atoms with Gasteiger partial charge in [0.25, 0.3) is 0 Å². The van der Waals surface area contributed by atoms with E-state index >= 15 is 0 Å². The molecule has 6 heteroatoms. The van der Waals surface area contributed by atoms with Crippen LogP contribution in [-0.4, -0.2) is 28.4 Å². The van der Waals surface area contributed by atoms with E-state index in [1.54, 1.807) is 0 Å². The average Bonchev–Trinajstić information content (AvgIpc) is 1.82. The normalized spacial score (nSPS) is 9.93. The number of rotatable bonds is 4. The zero-order valence-corrected chi connectivity index (χ0v) is 9.67. The molecular formula is C8H10O5Ru. The van der Waals surface area contributed by atoms with Gasteiger partial charge in [-0.2, -0.15) is 0 Å². The Labute approximate surface area is 93.6 Å². The van der Waals surface area contributed by atoms with Gasteiger partial charge in [0, 0.05) is 19.5 Å². The van der Waals surface area contributed by atoms with Gasteiger partial charge in [-0.1, -0.05) is 0 Å². The molecule has 14 heavy (non-hydrogen) atoms. The topological polar surface area (TPSA) is 88.5 Å². The van der Waals surface area contributed by atoms with Gasteiger partial charge in [-0.25, -0.2) is 0 Å². The molecule has 0 aromatic heterocycles. The smallest absolute Gasteiger partial charge is 0.332 e. The number of carboxylic acid groups (broad SMARTS) is 1. The maximum absolute atomic E-state index is 11.0. The van der Waals surface area contributed by atoms with Crippen molar-refractivity contribution in [3.05, 3.63) is 0 Å². The number of hydrogen-bond acceptors (Lipinski definition) is 4. The van der Waals surface area contributed by atoms with E-state index in [1.807, 2.05) is 0 Å². The van der Waals surface area contributed by atoms with Crippen LogP contribution in [0.1, 0.15) is 20.8 Å². The molecule has 0 radical (unpaired) electrons. The Morgan fingerprint density at radius 3 is 1.07 bits per heavy atom. The molecule has 0 aromatic rings.